The van der Waals surface area contributed by atoms with E-state index in [1.807, 2.05) is 0 Å². The van der Waals surface area contributed by atoms with E-state index in [0.717, 1.165) is 18.5 Å². The summed E-state index contributed by atoms with van der Waals surface area (Å²) >= 11 is 0. The minimum absolute atomic E-state index is 0.373. The summed E-state index contributed by atoms with van der Waals surface area (Å²) in [6.45, 7) is 2.06. The number of unbranched alkanes of at least 4 members (excludes halogenated alkanes) is 1. The molecular weight excluding hydrogens is 230 g/mol. The molecule has 1 aromatic rings. The SMILES string of the molecule is CCCCC(Nc1ccc(C(N)=O)cc1)C(N)=O. The number of nitrogens with two attached hydrogens (primary N) is 2. The fourth-order valence-electron chi connectivity index (χ4n) is 1.63. The molecule has 0 spiro atoms. The number of nitrogens with one attached hydrogen (secondary N) is 1. The summed E-state index contributed by atoms with van der Waals surface area (Å²) in [7, 11) is 0. The van der Waals surface area contributed by atoms with Crippen LogP contribution in [0.15, 0.2) is 24.3 Å². The molecule has 1 aromatic carbocycles. The van der Waals surface area contributed by atoms with E-state index in [1.165, 1.54) is 0 Å². The zero-order valence-electron chi connectivity index (χ0n) is 10.5. The maximum Gasteiger partial charge on any atom is 0.248 e. The van der Waals surface area contributed by atoms with Gasteiger partial charge in [-0.15, -0.1) is 0 Å². The van der Waals surface area contributed by atoms with E-state index in [0.29, 0.717) is 12.0 Å². The topological polar surface area (TPSA) is 98.2 Å². The molecule has 18 heavy (non-hydrogen) atoms. The first kappa shape index (κ1) is 14.0. The Balaban J connectivity index is 2.68. The minimum atomic E-state index is -0.473. The molecule has 0 heterocycles. The van der Waals surface area contributed by atoms with E-state index in [-0.39, 0.29) is 11.9 Å². The van der Waals surface area contributed by atoms with Gasteiger partial charge in [0.05, 0.1) is 0 Å². The third-order valence-corrected chi connectivity index (χ3v) is 2.70. The molecule has 0 aliphatic rings. The van der Waals surface area contributed by atoms with Crippen LogP contribution >= 0.6 is 0 Å². The van der Waals surface area contributed by atoms with Gasteiger partial charge in [-0.05, 0) is 30.7 Å². The summed E-state index contributed by atoms with van der Waals surface area (Å²) in [5.41, 5.74) is 11.7. The molecule has 5 heteroatoms. The number of carbonyl (C=O) groups excluding carboxylic acids is 2. The Bertz CT molecular complexity index is 415. The molecule has 5 nitrogen and oxygen atoms in total. The largest absolute Gasteiger partial charge is 0.374 e. The fourth-order valence-corrected chi connectivity index (χ4v) is 1.63. The summed E-state index contributed by atoms with van der Waals surface area (Å²) in [5.74, 6) is -0.846. The highest BCUT2D eigenvalue weighted by atomic mass is 16.1. The highest BCUT2D eigenvalue weighted by Gasteiger charge is 2.14. The number of anilines is 1. The zero-order chi connectivity index (χ0) is 13.5. The highest BCUT2D eigenvalue weighted by Crippen LogP contribution is 2.13. The van der Waals surface area contributed by atoms with Crippen molar-refractivity contribution in [3.8, 4) is 0 Å². The Kier molecular flexibility index (Phi) is 5.17. The van der Waals surface area contributed by atoms with E-state index in [1.54, 1.807) is 24.3 Å². The van der Waals surface area contributed by atoms with Crippen LogP contribution in [0.25, 0.3) is 0 Å². The number of rotatable bonds is 7. The van der Waals surface area contributed by atoms with Crippen molar-refractivity contribution in [2.24, 2.45) is 11.5 Å². The lowest BCUT2D eigenvalue weighted by Crippen LogP contribution is -2.35. The molecule has 1 rings (SSSR count). The first-order valence-corrected chi connectivity index (χ1v) is 6.00. The van der Waals surface area contributed by atoms with Crippen molar-refractivity contribution in [2.45, 2.75) is 32.2 Å². The van der Waals surface area contributed by atoms with Crippen molar-refractivity contribution in [1.82, 2.24) is 0 Å². The average Bonchev–Trinajstić information content (AvgIpc) is 2.34. The summed E-state index contributed by atoms with van der Waals surface area (Å²) < 4.78 is 0. The maximum absolute atomic E-state index is 11.3. The van der Waals surface area contributed by atoms with Gasteiger partial charge in [0, 0.05) is 11.3 Å². The van der Waals surface area contributed by atoms with E-state index >= 15 is 0 Å². The third-order valence-electron chi connectivity index (χ3n) is 2.70. The van der Waals surface area contributed by atoms with E-state index in [4.69, 9.17) is 11.5 Å². The average molecular weight is 249 g/mol. The fraction of sp³-hybridized carbons (Fsp3) is 0.385. The van der Waals surface area contributed by atoms with Crippen molar-refractivity contribution < 1.29 is 9.59 Å². The van der Waals surface area contributed by atoms with Crippen LogP contribution in [0.3, 0.4) is 0 Å². The molecule has 5 N–H and O–H groups in total. The Labute approximate surface area is 107 Å². The Morgan fingerprint density at radius 3 is 2.28 bits per heavy atom. The van der Waals surface area contributed by atoms with Crippen LogP contribution in [0.1, 0.15) is 36.5 Å². The Hall–Kier alpha value is -2.04. The van der Waals surface area contributed by atoms with Crippen LogP contribution in [-0.4, -0.2) is 17.9 Å². The summed E-state index contributed by atoms with van der Waals surface area (Å²) in [4.78, 5) is 22.2. The van der Waals surface area contributed by atoms with Crippen molar-refractivity contribution in [3.05, 3.63) is 29.8 Å². The monoisotopic (exact) mass is 249 g/mol. The number of hydrogen-bond donors (Lipinski definition) is 3. The molecule has 0 bridgehead atoms. The summed E-state index contributed by atoms with van der Waals surface area (Å²) in [5, 5.41) is 3.05. The quantitative estimate of drug-likeness (QED) is 0.678. The Morgan fingerprint density at radius 2 is 1.83 bits per heavy atom. The van der Waals surface area contributed by atoms with Crippen LogP contribution in [-0.2, 0) is 4.79 Å². The van der Waals surface area contributed by atoms with Crippen LogP contribution in [0, 0.1) is 0 Å². The molecule has 0 fully saturated rings. The van der Waals surface area contributed by atoms with Crippen LogP contribution in [0.5, 0.6) is 0 Å². The van der Waals surface area contributed by atoms with Gasteiger partial charge in [-0.3, -0.25) is 9.59 Å². The first-order valence-electron chi connectivity index (χ1n) is 6.00. The molecule has 2 amide bonds. The summed E-state index contributed by atoms with van der Waals surface area (Å²) in [6.07, 6.45) is 2.63. The smallest absolute Gasteiger partial charge is 0.248 e. The van der Waals surface area contributed by atoms with Gasteiger partial charge in [0.1, 0.15) is 6.04 Å². The first-order chi connectivity index (χ1) is 8.54. The van der Waals surface area contributed by atoms with Gasteiger partial charge in [0.15, 0.2) is 0 Å². The van der Waals surface area contributed by atoms with Gasteiger partial charge in [0.2, 0.25) is 11.8 Å². The Morgan fingerprint density at radius 1 is 1.22 bits per heavy atom. The van der Waals surface area contributed by atoms with Crippen molar-refractivity contribution in [1.29, 1.82) is 0 Å². The molecule has 0 radical (unpaired) electrons. The number of primary amides is 2. The predicted molar refractivity (Wildman–Crippen MR) is 71.1 cm³/mol. The van der Waals surface area contributed by atoms with Crippen LogP contribution in [0.4, 0.5) is 5.69 Å². The number of benzene rings is 1. The number of amides is 2. The van der Waals surface area contributed by atoms with Gasteiger partial charge < -0.3 is 16.8 Å². The van der Waals surface area contributed by atoms with Gasteiger partial charge >= 0.3 is 0 Å². The second kappa shape index (κ2) is 6.64. The van der Waals surface area contributed by atoms with Crippen molar-refractivity contribution in [3.63, 3.8) is 0 Å². The van der Waals surface area contributed by atoms with Crippen molar-refractivity contribution in [2.75, 3.05) is 5.32 Å². The third kappa shape index (κ3) is 4.08. The van der Waals surface area contributed by atoms with Gasteiger partial charge in [-0.2, -0.15) is 0 Å². The molecule has 98 valence electrons. The molecule has 1 unspecified atom stereocenters. The molecule has 0 aliphatic heterocycles. The van der Waals surface area contributed by atoms with Crippen molar-refractivity contribution >= 4 is 17.5 Å². The molecule has 0 saturated carbocycles. The summed E-state index contributed by atoms with van der Waals surface area (Å²) in [6, 6.07) is 6.26. The minimum Gasteiger partial charge on any atom is -0.374 e. The zero-order valence-corrected chi connectivity index (χ0v) is 10.5. The lowest BCUT2D eigenvalue weighted by molar-refractivity contribution is -0.118. The van der Waals surface area contributed by atoms with Crippen LogP contribution in [0.2, 0.25) is 0 Å². The molecule has 0 aliphatic carbocycles. The van der Waals surface area contributed by atoms with Gasteiger partial charge in [0.25, 0.3) is 0 Å². The highest BCUT2D eigenvalue weighted by molar-refractivity contribution is 5.93. The standard InChI is InChI=1S/C13H19N3O2/c1-2-3-4-11(13(15)18)16-10-7-5-9(6-8-10)12(14)17/h5-8,11,16H,2-4H2,1H3,(H2,14,17)(H2,15,18). The predicted octanol–water partition coefficient (Wildman–Crippen LogP) is 1.24. The van der Waals surface area contributed by atoms with Gasteiger partial charge in [-0.1, -0.05) is 19.8 Å². The normalized spacial score (nSPS) is 11.8. The van der Waals surface area contributed by atoms with E-state index in [9.17, 15) is 9.59 Å². The molecule has 0 aromatic heterocycles. The lowest BCUT2D eigenvalue weighted by atomic mass is 10.1. The van der Waals surface area contributed by atoms with E-state index in [2.05, 4.69) is 12.2 Å². The lowest BCUT2D eigenvalue weighted by Gasteiger charge is -2.16. The van der Waals surface area contributed by atoms with E-state index < -0.39 is 5.91 Å². The second-order valence-electron chi connectivity index (χ2n) is 4.18. The van der Waals surface area contributed by atoms with Gasteiger partial charge in [-0.25, -0.2) is 0 Å². The maximum atomic E-state index is 11.3. The molecule has 0 saturated heterocycles. The van der Waals surface area contributed by atoms with Crippen LogP contribution < -0.4 is 16.8 Å². The number of hydrogen-bond acceptors (Lipinski definition) is 3. The molecular formula is C13H19N3O2. The number of carbonyl (C=O) groups is 2. The second-order valence-corrected chi connectivity index (χ2v) is 4.18. The molecule has 1 atom stereocenters.